The third-order valence-corrected chi connectivity index (χ3v) is 7.52. The van der Waals surface area contributed by atoms with Crippen molar-refractivity contribution in [3.8, 4) is 11.8 Å². The lowest BCUT2D eigenvalue weighted by molar-refractivity contribution is -0.274. The molecule has 0 bridgehead atoms. The first-order chi connectivity index (χ1) is 15.9. The average molecular weight is 460 g/mol. The molecule has 2 fully saturated rings. The van der Waals surface area contributed by atoms with E-state index in [0.29, 0.717) is 5.92 Å². The van der Waals surface area contributed by atoms with Crippen LogP contribution in [0.25, 0.3) is 0 Å². The molecule has 33 heavy (non-hydrogen) atoms. The van der Waals surface area contributed by atoms with Crippen molar-refractivity contribution in [3.05, 3.63) is 54.1 Å². The lowest BCUT2D eigenvalue weighted by atomic mass is 9.68. The molecule has 1 aromatic carbocycles. The molecule has 2 saturated carbocycles. The summed E-state index contributed by atoms with van der Waals surface area (Å²) in [5, 5.41) is 8.54. The van der Waals surface area contributed by atoms with E-state index in [1.54, 1.807) is 12.1 Å². The zero-order chi connectivity index (χ0) is 23.5. The van der Waals surface area contributed by atoms with Crippen molar-refractivity contribution in [1.29, 1.82) is 5.26 Å². The smallest absolute Gasteiger partial charge is 0.406 e. The Bertz CT molecular complexity index is 790. The van der Waals surface area contributed by atoms with E-state index in [0.717, 1.165) is 36.2 Å². The maximum Gasteiger partial charge on any atom is 0.573 e. The van der Waals surface area contributed by atoms with E-state index in [2.05, 4.69) is 10.8 Å². The maximum atomic E-state index is 12.2. The van der Waals surface area contributed by atoms with Crippen LogP contribution >= 0.6 is 0 Å². The van der Waals surface area contributed by atoms with E-state index in [-0.39, 0.29) is 5.75 Å². The summed E-state index contributed by atoms with van der Waals surface area (Å²) in [7, 11) is 0. The van der Waals surface area contributed by atoms with Gasteiger partial charge in [0.2, 0.25) is 0 Å². The number of nitriles is 1. The summed E-state index contributed by atoms with van der Waals surface area (Å²) in [6, 6.07) is 8.30. The van der Waals surface area contributed by atoms with E-state index in [9.17, 15) is 13.2 Å². The molecule has 2 nitrogen and oxygen atoms in total. The van der Waals surface area contributed by atoms with Gasteiger partial charge in [-0.15, -0.1) is 13.2 Å². The van der Waals surface area contributed by atoms with Crippen LogP contribution in [0.1, 0.15) is 76.2 Å². The zero-order valence-corrected chi connectivity index (χ0v) is 19.4. The van der Waals surface area contributed by atoms with Crippen LogP contribution in [0.4, 0.5) is 13.2 Å². The summed E-state index contributed by atoms with van der Waals surface area (Å²) in [6.07, 6.45) is 18.2. The minimum Gasteiger partial charge on any atom is -0.406 e. The molecule has 2 aliphatic rings. The number of unbranched alkanes of at least 4 members (excludes halogenated alkanes) is 1. The molecule has 0 unspecified atom stereocenters. The highest BCUT2D eigenvalue weighted by Crippen LogP contribution is 2.42. The second-order valence-corrected chi connectivity index (χ2v) is 9.77. The van der Waals surface area contributed by atoms with Gasteiger partial charge in [0.25, 0.3) is 0 Å². The maximum absolute atomic E-state index is 12.2. The quantitative estimate of drug-likeness (QED) is 0.210. The molecule has 180 valence electrons. The molecule has 0 saturated heterocycles. The fraction of sp³-hybridized carbons (Fsp3) is 0.607. The Kier molecular flexibility index (Phi) is 9.91. The van der Waals surface area contributed by atoms with Gasteiger partial charge in [0.1, 0.15) is 5.75 Å². The molecule has 0 atom stereocenters. The molecule has 0 spiro atoms. The summed E-state index contributed by atoms with van der Waals surface area (Å²) < 4.78 is 40.6. The molecular formula is C28H36F3NO. The topological polar surface area (TPSA) is 33.0 Å². The molecular weight excluding hydrogens is 423 g/mol. The first-order valence-corrected chi connectivity index (χ1v) is 12.5. The summed E-state index contributed by atoms with van der Waals surface area (Å²) >= 11 is 0. The minimum absolute atomic E-state index is 0.152. The van der Waals surface area contributed by atoms with Crippen molar-refractivity contribution < 1.29 is 17.9 Å². The number of hydrogen-bond donors (Lipinski definition) is 0. The van der Waals surface area contributed by atoms with Gasteiger partial charge in [-0.1, -0.05) is 56.0 Å². The zero-order valence-electron chi connectivity index (χ0n) is 19.4. The second kappa shape index (κ2) is 12.9. The largest absolute Gasteiger partial charge is 0.573 e. The van der Waals surface area contributed by atoms with E-state index >= 15 is 0 Å². The van der Waals surface area contributed by atoms with E-state index < -0.39 is 6.36 Å². The van der Waals surface area contributed by atoms with Crippen molar-refractivity contribution in [3.63, 3.8) is 0 Å². The van der Waals surface area contributed by atoms with E-state index in [1.165, 1.54) is 82.4 Å². The SMILES string of the molecule is N#CC=CC=C[C@H]1CC[C@H]([C@H]2CC[C@H](CCCCc3ccc(OC(F)(F)F)cc3)CC2)CC1. The molecule has 0 radical (unpaired) electrons. The van der Waals surface area contributed by atoms with Crippen molar-refractivity contribution in [2.45, 2.75) is 83.4 Å². The van der Waals surface area contributed by atoms with Crippen LogP contribution in [0.5, 0.6) is 5.75 Å². The summed E-state index contributed by atoms with van der Waals surface area (Å²) in [6.45, 7) is 0. The Labute approximate surface area is 196 Å². The molecule has 5 heteroatoms. The van der Waals surface area contributed by atoms with Gasteiger partial charge in [-0.2, -0.15) is 5.26 Å². The third-order valence-electron chi connectivity index (χ3n) is 7.52. The molecule has 3 rings (SSSR count). The molecule has 0 amide bonds. The van der Waals surface area contributed by atoms with Crippen molar-refractivity contribution in [2.24, 2.45) is 23.7 Å². The van der Waals surface area contributed by atoms with Crippen LogP contribution in [0.3, 0.4) is 0 Å². The van der Waals surface area contributed by atoms with Gasteiger partial charge < -0.3 is 4.74 Å². The van der Waals surface area contributed by atoms with Gasteiger partial charge >= 0.3 is 6.36 Å². The number of benzene rings is 1. The highest BCUT2D eigenvalue weighted by Gasteiger charge is 2.31. The van der Waals surface area contributed by atoms with E-state index in [1.807, 2.05) is 18.2 Å². The monoisotopic (exact) mass is 459 g/mol. The Hall–Kier alpha value is -2.22. The predicted molar refractivity (Wildman–Crippen MR) is 125 cm³/mol. The minimum atomic E-state index is -4.63. The van der Waals surface area contributed by atoms with Crippen LogP contribution in [0.2, 0.25) is 0 Å². The standard InChI is InChI=1S/C28H36F3NO/c29-28(30,31)33-27-19-13-24(14-20-27)8-4-3-7-23-11-17-26(18-12-23)25-15-9-22(10-16-25)6-2-1-5-21-32/h1-2,5-6,13-14,19-20,22-23,25-26H,3-4,7-12,15-18H2/t22-,23-,25-,26-. The third kappa shape index (κ3) is 9.27. The van der Waals surface area contributed by atoms with Crippen LogP contribution in [0, 0.1) is 35.0 Å². The molecule has 0 N–H and O–H groups in total. The Morgan fingerprint density at radius 1 is 0.879 bits per heavy atom. The van der Waals surface area contributed by atoms with Crippen LogP contribution in [-0.2, 0) is 6.42 Å². The number of rotatable bonds is 9. The Morgan fingerprint density at radius 2 is 1.52 bits per heavy atom. The number of ether oxygens (including phenoxy) is 1. The number of hydrogen-bond acceptors (Lipinski definition) is 2. The van der Waals surface area contributed by atoms with E-state index in [4.69, 9.17) is 5.26 Å². The fourth-order valence-corrected chi connectivity index (χ4v) is 5.70. The van der Waals surface area contributed by atoms with Gasteiger partial charge in [-0.3, -0.25) is 0 Å². The van der Waals surface area contributed by atoms with Gasteiger partial charge in [0.15, 0.2) is 0 Å². The molecule has 1 aromatic rings. The van der Waals surface area contributed by atoms with Gasteiger partial charge in [-0.05, 0) is 92.7 Å². The van der Waals surface area contributed by atoms with Crippen molar-refractivity contribution in [2.75, 3.05) is 0 Å². The Morgan fingerprint density at radius 3 is 2.12 bits per heavy atom. The number of alkyl halides is 3. The molecule has 2 aliphatic carbocycles. The van der Waals surface area contributed by atoms with Gasteiger partial charge in [-0.25, -0.2) is 0 Å². The predicted octanol–water partition coefficient (Wildman–Crippen LogP) is 8.55. The number of aryl methyl sites for hydroxylation is 1. The summed E-state index contributed by atoms with van der Waals surface area (Å²) in [4.78, 5) is 0. The molecule has 0 aromatic heterocycles. The lowest BCUT2D eigenvalue weighted by Gasteiger charge is -2.37. The summed E-state index contributed by atoms with van der Waals surface area (Å²) in [5.41, 5.74) is 1.07. The first kappa shape index (κ1) is 25.4. The fourth-order valence-electron chi connectivity index (χ4n) is 5.70. The summed E-state index contributed by atoms with van der Waals surface area (Å²) in [5.74, 6) is 3.17. The Balaban J connectivity index is 1.27. The first-order valence-electron chi connectivity index (χ1n) is 12.5. The van der Waals surface area contributed by atoms with Gasteiger partial charge in [0, 0.05) is 6.08 Å². The lowest BCUT2D eigenvalue weighted by Crippen LogP contribution is -2.25. The van der Waals surface area contributed by atoms with Crippen LogP contribution in [0.15, 0.2) is 48.6 Å². The molecule has 0 aliphatic heterocycles. The van der Waals surface area contributed by atoms with Gasteiger partial charge in [0.05, 0.1) is 6.07 Å². The highest BCUT2D eigenvalue weighted by atomic mass is 19.4. The normalized spacial score (nSPS) is 26.5. The van der Waals surface area contributed by atoms with Crippen LogP contribution in [-0.4, -0.2) is 6.36 Å². The van der Waals surface area contributed by atoms with Crippen molar-refractivity contribution >= 4 is 0 Å². The second-order valence-electron chi connectivity index (χ2n) is 9.77. The highest BCUT2D eigenvalue weighted by molar-refractivity contribution is 5.27. The van der Waals surface area contributed by atoms with Crippen molar-refractivity contribution in [1.82, 2.24) is 0 Å². The molecule has 0 heterocycles. The number of nitrogens with zero attached hydrogens (tertiary/aromatic N) is 1. The number of allylic oxidation sites excluding steroid dienone is 4. The number of halogens is 3. The van der Waals surface area contributed by atoms with Crippen LogP contribution < -0.4 is 4.74 Å². The average Bonchev–Trinajstić information content (AvgIpc) is 2.81.